The van der Waals surface area contributed by atoms with Gasteiger partial charge in [0.05, 0.1) is 26.0 Å². The minimum Gasteiger partial charge on any atom is -0.497 e. The van der Waals surface area contributed by atoms with E-state index < -0.39 is 0 Å². The van der Waals surface area contributed by atoms with Crippen LogP contribution in [-0.2, 0) is 16.1 Å². The summed E-state index contributed by atoms with van der Waals surface area (Å²) in [5.41, 5.74) is 0.606. The SMILES string of the molecule is COc1cccc(NC(=O)N(CC(=O)N(Cc2ccco2)C[C@H]2CCCO2)C(C)C)c1. The fraction of sp³-hybridized carbons (Fsp3) is 0.478. The van der Waals surface area contributed by atoms with Crippen molar-refractivity contribution in [3.8, 4) is 5.75 Å². The fourth-order valence-corrected chi connectivity index (χ4v) is 3.51. The first-order valence-electron chi connectivity index (χ1n) is 10.6. The van der Waals surface area contributed by atoms with Gasteiger partial charge in [0.2, 0.25) is 5.91 Å². The summed E-state index contributed by atoms with van der Waals surface area (Å²) < 4.78 is 16.4. The Morgan fingerprint density at radius 3 is 2.74 bits per heavy atom. The number of hydrogen-bond acceptors (Lipinski definition) is 5. The molecule has 1 aromatic heterocycles. The Morgan fingerprint density at radius 2 is 2.10 bits per heavy atom. The average molecular weight is 430 g/mol. The van der Waals surface area contributed by atoms with E-state index in [0.29, 0.717) is 36.9 Å². The smallest absolute Gasteiger partial charge is 0.322 e. The molecule has 2 aromatic rings. The number of anilines is 1. The first kappa shape index (κ1) is 22.7. The van der Waals surface area contributed by atoms with Gasteiger partial charge in [-0.25, -0.2) is 4.79 Å². The molecular formula is C23H31N3O5. The molecule has 3 amide bonds. The van der Waals surface area contributed by atoms with E-state index in [4.69, 9.17) is 13.9 Å². The Bertz CT molecular complexity index is 847. The molecule has 2 heterocycles. The third kappa shape index (κ3) is 6.49. The number of furan rings is 1. The molecule has 8 heteroatoms. The van der Waals surface area contributed by atoms with Crippen molar-refractivity contribution in [1.82, 2.24) is 9.80 Å². The highest BCUT2D eigenvalue weighted by molar-refractivity contribution is 5.92. The first-order valence-corrected chi connectivity index (χ1v) is 10.6. The molecule has 168 valence electrons. The zero-order chi connectivity index (χ0) is 22.2. The van der Waals surface area contributed by atoms with Crippen LogP contribution in [0.4, 0.5) is 10.5 Å². The number of rotatable bonds is 9. The summed E-state index contributed by atoms with van der Waals surface area (Å²) in [5.74, 6) is 1.19. The summed E-state index contributed by atoms with van der Waals surface area (Å²) >= 11 is 0. The van der Waals surface area contributed by atoms with E-state index in [9.17, 15) is 9.59 Å². The molecule has 0 radical (unpaired) electrons. The predicted octanol–water partition coefficient (Wildman–Crippen LogP) is 3.74. The number of nitrogens with zero attached hydrogens (tertiary/aromatic N) is 2. The van der Waals surface area contributed by atoms with Gasteiger partial charge < -0.3 is 29.0 Å². The number of urea groups is 1. The number of amides is 3. The van der Waals surface area contributed by atoms with Gasteiger partial charge in [-0.1, -0.05) is 6.07 Å². The van der Waals surface area contributed by atoms with Crippen LogP contribution in [0.15, 0.2) is 47.1 Å². The average Bonchev–Trinajstić information content (AvgIpc) is 3.45. The summed E-state index contributed by atoms with van der Waals surface area (Å²) in [4.78, 5) is 29.4. The molecule has 0 unspecified atom stereocenters. The van der Waals surface area contributed by atoms with Crippen molar-refractivity contribution in [3.05, 3.63) is 48.4 Å². The van der Waals surface area contributed by atoms with Gasteiger partial charge in [-0.15, -0.1) is 0 Å². The molecule has 0 aliphatic carbocycles. The molecule has 8 nitrogen and oxygen atoms in total. The van der Waals surface area contributed by atoms with Gasteiger partial charge in [0.1, 0.15) is 18.1 Å². The fourth-order valence-electron chi connectivity index (χ4n) is 3.51. The maximum Gasteiger partial charge on any atom is 0.322 e. The zero-order valence-corrected chi connectivity index (χ0v) is 18.4. The predicted molar refractivity (Wildman–Crippen MR) is 117 cm³/mol. The van der Waals surface area contributed by atoms with E-state index >= 15 is 0 Å². The maximum atomic E-state index is 13.2. The minimum absolute atomic E-state index is 0.0111. The van der Waals surface area contributed by atoms with Crippen LogP contribution in [0.3, 0.4) is 0 Å². The van der Waals surface area contributed by atoms with Crippen molar-refractivity contribution >= 4 is 17.6 Å². The molecule has 1 fully saturated rings. The molecule has 0 spiro atoms. The topological polar surface area (TPSA) is 84.3 Å². The number of nitrogens with one attached hydrogen (secondary N) is 1. The van der Waals surface area contributed by atoms with E-state index in [1.54, 1.807) is 48.6 Å². The summed E-state index contributed by atoms with van der Waals surface area (Å²) in [7, 11) is 1.57. The van der Waals surface area contributed by atoms with Crippen LogP contribution in [0, 0.1) is 0 Å². The summed E-state index contributed by atoms with van der Waals surface area (Å²) in [6.45, 7) is 5.26. The highest BCUT2D eigenvalue weighted by Gasteiger charge is 2.27. The second-order valence-electron chi connectivity index (χ2n) is 7.87. The number of carbonyl (C=O) groups excluding carboxylic acids is 2. The Morgan fingerprint density at radius 1 is 1.26 bits per heavy atom. The van der Waals surface area contributed by atoms with Crippen molar-refractivity contribution in [2.45, 2.75) is 45.4 Å². The van der Waals surface area contributed by atoms with Gasteiger partial charge in [0, 0.05) is 30.9 Å². The molecule has 1 N–H and O–H groups in total. The normalized spacial score (nSPS) is 15.7. The molecular weight excluding hydrogens is 398 g/mol. The van der Waals surface area contributed by atoms with Crippen molar-refractivity contribution in [1.29, 1.82) is 0 Å². The lowest BCUT2D eigenvalue weighted by Crippen LogP contribution is -2.48. The Balaban J connectivity index is 1.68. The van der Waals surface area contributed by atoms with Crippen LogP contribution in [-0.4, -0.2) is 60.7 Å². The second-order valence-corrected chi connectivity index (χ2v) is 7.87. The lowest BCUT2D eigenvalue weighted by atomic mass is 10.2. The number of hydrogen-bond donors (Lipinski definition) is 1. The van der Waals surface area contributed by atoms with Gasteiger partial charge in [-0.3, -0.25) is 4.79 Å². The molecule has 1 aromatic carbocycles. The quantitative estimate of drug-likeness (QED) is 0.656. The molecule has 1 atom stereocenters. The van der Waals surface area contributed by atoms with Gasteiger partial charge in [-0.05, 0) is 51.0 Å². The molecule has 1 aliphatic rings. The molecule has 31 heavy (non-hydrogen) atoms. The van der Waals surface area contributed by atoms with Crippen molar-refractivity contribution < 1.29 is 23.5 Å². The molecule has 1 saturated heterocycles. The number of carbonyl (C=O) groups is 2. The zero-order valence-electron chi connectivity index (χ0n) is 18.4. The van der Waals surface area contributed by atoms with Crippen LogP contribution < -0.4 is 10.1 Å². The highest BCUT2D eigenvalue weighted by atomic mass is 16.5. The van der Waals surface area contributed by atoms with E-state index in [-0.39, 0.29) is 30.6 Å². The van der Waals surface area contributed by atoms with Gasteiger partial charge >= 0.3 is 6.03 Å². The Labute approximate surface area is 183 Å². The number of ether oxygens (including phenoxy) is 2. The van der Waals surface area contributed by atoms with Gasteiger partial charge in [-0.2, -0.15) is 0 Å². The maximum absolute atomic E-state index is 13.2. The summed E-state index contributed by atoms with van der Waals surface area (Å²) in [5, 5.41) is 2.85. The lowest BCUT2D eigenvalue weighted by Gasteiger charge is -2.31. The number of benzene rings is 1. The number of methoxy groups -OCH3 is 1. The van der Waals surface area contributed by atoms with Crippen molar-refractivity contribution in [2.24, 2.45) is 0 Å². The summed E-state index contributed by atoms with van der Waals surface area (Å²) in [6.07, 6.45) is 3.52. The monoisotopic (exact) mass is 429 g/mol. The summed E-state index contributed by atoms with van der Waals surface area (Å²) in [6, 6.07) is 10.2. The second kappa shape index (κ2) is 10.9. The van der Waals surface area contributed by atoms with Gasteiger partial charge in [0.25, 0.3) is 0 Å². The van der Waals surface area contributed by atoms with Crippen LogP contribution in [0.2, 0.25) is 0 Å². The van der Waals surface area contributed by atoms with Gasteiger partial charge in [0.15, 0.2) is 0 Å². The molecule has 0 bridgehead atoms. The third-order valence-electron chi connectivity index (χ3n) is 5.24. The first-order chi connectivity index (χ1) is 15.0. The standard InChI is InChI=1S/C23H31N3O5/c1-17(2)26(23(28)24-18-7-4-8-19(13-18)29-3)16-22(27)25(14-20-9-5-11-30-20)15-21-10-6-12-31-21/h4-5,7-9,11,13,17,21H,6,10,12,14-16H2,1-3H3,(H,24,28)/t21-/m1/s1. The Hall–Kier alpha value is -3.00. The van der Waals surface area contributed by atoms with Crippen LogP contribution in [0.1, 0.15) is 32.4 Å². The molecule has 3 rings (SSSR count). The van der Waals surface area contributed by atoms with E-state index in [1.807, 2.05) is 19.9 Å². The van der Waals surface area contributed by atoms with Crippen molar-refractivity contribution in [3.63, 3.8) is 0 Å². The van der Waals surface area contributed by atoms with E-state index in [0.717, 1.165) is 12.8 Å². The van der Waals surface area contributed by atoms with Crippen molar-refractivity contribution in [2.75, 3.05) is 32.1 Å². The largest absolute Gasteiger partial charge is 0.497 e. The Kier molecular flexibility index (Phi) is 7.94. The van der Waals surface area contributed by atoms with E-state index in [2.05, 4.69) is 5.32 Å². The molecule has 0 saturated carbocycles. The minimum atomic E-state index is -0.341. The third-order valence-corrected chi connectivity index (χ3v) is 5.24. The molecule has 1 aliphatic heterocycles. The van der Waals surface area contributed by atoms with Crippen LogP contribution in [0.5, 0.6) is 5.75 Å². The van der Waals surface area contributed by atoms with E-state index in [1.165, 1.54) is 4.90 Å². The highest BCUT2D eigenvalue weighted by Crippen LogP contribution is 2.19. The van der Waals surface area contributed by atoms with Crippen LogP contribution in [0.25, 0.3) is 0 Å². The van der Waals surface area contributed by atoms with Crippen LogP contribution >= 0.6 is 0 Å². The lowest BCUT2D eigenvalue weighted by molar-refractivity contribution is -0.134.